The molecule has 34 heavy (non-hydrogen) atoms. The van der Waals surface area contributed by atoms with Crippen molar-refractivity contribution in [2.75, 3.05) is 32.6 Å². The Morgan fingerprint density at radius 3 is 2.50 bits per heavy atom. The molecule has 0 saturated carbocycles. The zero-order valence-corrected chi connectivity index (χ0v) is 20.0. The number of benzene rings is 2. The van der Waals surface area contributed by atoms with Crippen LogP contribution in [0.1, 0.15) is 18.4 Å². The first-order valence-electron chi connectivity index (χ1n) is 11.1. The Balaban J connectivity index is 1.30. The van der Waals surface area contributed by atoms with Crippen LogP contribution in [-0.2, 0) is 9.59 Å². The van der Waals surface area contributed by atoms with Crippen LogP contribution in [0, 0.1) is 5.92 Å². The zero-order valence-electron chi connectivity index (χ0n) is 19.2. The van der Waals surface area contributed by atoms with E-state index in [-0.39, 0.29) is 17.7 Å². The first kappa shape index (κ1) is 23.5. The van der Waals surface area contributed by atoms with Crippen LogP contribution in [-0.4, -0.2) is 49.0 Å². The molecule has 1 fully saturated rings. The van der Waals surface area contributed by atoms with E-state index in [1.54, 1.807) is 25.2 Å². The quantitative estimate of drug-likeness (QED) is 0.498. The third-order valence-electron chi connectivity index (χ3n) is 5.81. The Morgan fingerprint density at radius 2 is 1.79 bits per heavy atom. The summed E-state index contributed by atoms with van der Waals surface area (Å²) < 4.78 is 10.6. The number of hydrogen-bond acceptors (Lipinski definition) is 6. The molecule has 1 saturated heterocycles. The van der Waals surface area contributed by atoms with Crippen molar-refractivity contribution in [3.63, 3.8) is 0 Å². The lowest BCUT2D eigenvalue weighted by atomic mass is 9.96. The van der Waals surface area contributed by atoms with E-state index in [1.165, 1.54) is 11.3 Å². The van der Waals surface area contributed by atoms with Crippen LogP contribution in [0.15, 0.2) is 60.0 Å². The molecule has 2 amide bonds. The summed E-state index contributed by atoms with van der Waals surface area (Å²) in [5.74, 6) is 1.05. The van der Waals surface area contributed by atoms with Crippen LogP contribution >= 0.6 is 11.3 Å². The molecule has 1 N–H and O–H groups in total. The average molecular weight is 478 g/mol. The van der Waals surface area contributed by atoms with Crippen LogP contribution in [0.2, 0.25) is 0 Å². The molecule has 0 aliphatic carbocycles. The van der Waals surface area contributed by atoms with Gasteiger partial charge in [-0.05, 0) is 42.7 Å². The number of anilines is 1. The number of carbonyl (C=O) groups is 2. The molecule has 0 unspecified atom stereocenters. The number of aromatic nitrogens is 1. The number of hydrogen-bond donors (Lipinski definition) is 1. The van der Waals surface area contributed by atoms with Gasteiger partial charge in [-0.15, -0.1) is 11.3 Å². The van der Waals surface area contributed by atoms with Gasteiger partial charge >= 0.3 is 0 Å². The lowest BCUT2D eigenvalue weighted by Gasteiger charge is -2.30. The van der Waals surface area contributed by atoms with Crippen molar-refractivity contribution in [2.24, 2.45) is 5.92 Å². The summed E-state index contributed by atoms with van der Waals surface area (Å²) in [5.41, 5.74) is 2.62. The molecule has 1 aromatic heterocycles. The van der Waals surface area contributed by atoms with Crippen molar-refractivity contribution in [3.8, 4) is 22.8 Å². The zero-order chi connectivity index (χ0) is 23.9. The molecule has 8 heteroatoms. The van der Waals surface area contributed by atoms with E-state index >= 15 is 0 Å². The molecule has 7 nitrogen and oxygen atoms in total. The predicted octanol–water partition coefficient (Wildman–Crippen LogP) is 4.72. The smallest absolute Gasteiger partial charge is 0.246 e. The van der Waals surface area contributed by atoms with Gasteiger partial charge < -0.3 is 19.7 Å². The Hall–Kier alpha value is -3.65. The lowest BCUT2D eigenvalue weighted by molar-refractivity contribution is -0.130. The maximum absolute atomic E-state index is 12.8. The maximum atomic E-state index is 12.8. The molecule has 0 atom stereocenters. The van der Waals surface area contributed by atoms with Crippen molar-refractivity contribution < 1.29 is 19.1 Å². The number of thiazole rings is 1. The molecule has 2 heterocycles. The minimum atomic E-state index is -0.143. The number of nitrogens with zero attached hydrogens (tertiary/aromatic N) is 2. The van der Waals surface area contributed by atoms with Gasteiger partial charge in [0.1, 0.15) is 0 Å². The average Bonchev–Trinajstić information content (AvgIpc) is 3.36. The molecule has 0 radical (unpaired) electrons. The van der Waals surface area contributed by atoms with Gasteiger partial charge in [0.2, 0.25) is 11.8 Å². The number of nitrogens with one attached hydrogen (secondary N) is 1. The molecule has 1 aliphatic heterocycles. The Labute approximate surface area is 203 Å². The highest BCUT2D eigenvalue weighted by Crippen LogP contribution is 2.33. The van der Waals surface area contributed by atoms with Gasteiger partial charge in [-0.3, -0.25) is 9.59 Å². The van der Waals surface area contributed by atoms with E-state index < -0.39 is 0 Å². The SMILES string of the molecule is COc1ccc(-c2csc(NC(=O)C3CCN(C(=O)/C=C/c4ccccc4)CC3)n2)cc1OC. The summed E-state index contributed by atoms with van der Waals surface area (Å²) in [6.45, 7) is 1.12. The van der Waals surface area contributed by atoms with Crippen LogP contribution in [0.4, 0.5) is 5.13 Å². The van der Waals surface area contributed by atoms with E-state index in [0.29, 0.717) is 42.6 Å². The minimum Gasteiger partial charge on any atom is -0.493 e. The van der Waals surface area contributed by atoms with Gasteiger partial charge in [0, 0.05) is 36.0 Å². The maximum Gasteiger partial charge on any atom is 0.246 e. The topological polar surface area (TPSA) is 80.8 Å². The summed E-state index contributed by atoms with van der Waals surface area (Å²) in [4.78, 5) is 31.6. The number of methoxy groups -OCH3 is 2. The molecule has 176 valence electrons. The second-order valence-corrected chi connectivity index (χ2v) is 8.80. The van der Waals surface area contributed by atoms with Gasteiger partial charge in [-0.25, -0.2) is 4.98 Å². The summed E-state index contributed by atoms with van der Waals surface area (Å²) >= 11 is 1.38. The lowest BCUT2D eigenvalue weighted by Crippen LogP contribution is -2.40. The summed E-state index contributed by atoms with van der Waals surface area (Å²) in [6.07, 6.45) is 4.68. The third kappa shape index (κ3) is 5.63. The Morgan fingerprint density at radius 1 is 1.06 bits per heavy atom. The second-order valence-electron chi connectivity index (χ2n) is 7.94. The van der Waals surface area contributed by atoms with Gasteiger partial charge in [0.15, 0.2) is 16.6 Å². The van der Waals surface area contributed by atoms with Gasteiger partial charge in [0.05, 0.1) is 19.9 Å². The molecule has 1 aliphatic rings. The van der Waals surface area contributed by atoms with Gasteiger partial charge in [0.25, 0.3) is 0 Å². The molecular formula is C26H27N3O4S. The number of piperidine rings is 1. The van der Waals surface area contributed by atoms with E-state index in [0.717, 1.165) is 16.8 Å². The van der Waals surface area contributed by atoms with Crippen LogP contribution in [0.3, 0.4) is 0 Å². The van der Waals surface area contributed by atoms with E-state index in [9.17, 15) is 9.59 Å². The number of amides is 2. The van der Waals surface area contributed by atoms with Crippen molar-refractivity contribution >= 4 is 34.4 Å². The molecule has 0 bridgehead atoms. The van der Waals surface area contributed by atoms with Gasteiger partial charge in [-0.2, -0.15) is 0 Å². The normalized spacial score (nSPS) is 14.2. The molecule has 3 aromatic rings. The van der Waals surface area contributed by atoms with Crippen molar-refractivity contribution in [2.45, 2.75) is 12.8 Å². The third-order valence-corrected chi connectivity index (χ3v) is 6.57. The number of likely N-dealkylation sites (tertiary alicyclic amines) is 1. The Bertz CT molecular complexity index is 1170. The van der Waals surface area contributed by atoms with Crippen LogP contribution in [0.25, 0.3) is 17.3 Å². The highest BCUT2D eigenvalue weighted by atomic mass is 32.1. The van der Waals surface area contributed by atoms with Crippen LogP contribution < -0.4 is 14.8 Å². The highest BCUT2D eigenvalue weighted by Gasteiger charge is 2.27. The number of rotatable bonds is 7. The Kier molecular flexibility index (Phi) is 7.59. The molecular weight excluding hydrogens is 450 g/mol. The van der Waals surface area contributed by atoms with Crippen molar-refractivity contribution in [1.29, 1.82) is 0 Å². The molecule has 0 spiro atoms. The fourth-order valence-corrected chi connectivity index (χ4v) is 4.59. The van der Waals surface area contributed by atoms with E-state index in [1.807, 2.05) is 60.0 Å². The molecule has 4 rings (SSSR count). The fourth-order valence-electron chi connectivity index (χ4n) is 3.87. The highest BCUT2D eigenvalue weighted by molar-refractivity contribution is 7.14. The fraction of sp³-hybridized carbons (Fsp3) is 0.269. The number of carbonyl (C=O) groups excluding carboxylic acids is 2. The van der Waals surface area contributed by atoms with E-state index in [2.05, 4.69) is 10.3 Å². The molecule has 2 aromatic carbocycles. The first-order chi connectivity index (χ1) is 16.6. The minimum absolute atomic E-state index is 0.0257. The van der Waals surface area contributed by atoms with Crippen LogP contribution in [0.5, 0.6) is 11.5 Å². The first-order valence-corrected chi connectivity index (χ1v) is 12.0. The predicted molar refractivity (Wildman–Crippen MR) is 134 cm³/mol. The monoisotopic (exact) mass is 477 g/mol. The second kappa shape index (κ2) is 11.0. The van der Waals surface area contributed by atoms with E-state index in [4.69, 9.17) is 9.47 Å². The summed E-state index contributed by atoms with van der Waals surface area (Å²) in [5, 5.41) is 5.39. The van der Waals surface area contributed by atoms with Gasteiger partial charge in [-0.1, -0.05) is 30.3 Å². The summed E-state index contributed by atoms with van der Waals surface area (Å²) in [7, 11) is 3.18. The van der Waals surface area contributed by atoms with Crippen molar-refractivity contribution in [3.05, 3.63) is 65.6 Å². The largest absolute Gasteiger partial charge is 0.493 e. The van der Waals surface area contributed by atoms with Crippen molar-refractivity contribution in [1.82, 2.24) is 9.88 Å². The summed E-state index contributed by atoms with van der Waals surface area (Å²) in [6, 6.07) is 15.3. The number of ether oxygens (including phenoxy) is 2. The standard InChI is InChI=1S/C26H27N3O4S/c1-32-22-10-9-20(16-23(22)33-2)21-17-34-26(27-21)28-25(31)19-12-14-29(15-13-19)24(30)11-8-18-6-4-3-5-7-18/h3-11,16-17,19H,12-15H2,1-2H3,(H,27,28,31)/b11-8+.